The van der Waals surface area contributed by atoms with Gasteiger partial charge in [0.05, 0.1) is 11.3 Å². The Morgan fingerprint density at radius 1 is 1.08 bits per heavy atom. The standard InChI is InChI=1S/C29H23ClN4O3/c1-2-14-31-27(35)20-11-4-6-13-23(20)34-28(36)24-16-21-19-10-3-5-12-22(19)32-25(21)26(33(24)29(34)37)17-8-7-9-18(30)15-17/h2-13,15,24,26,32H,1,14,16H2,(H,31,35). The summed E-state index contributed by atoms with van der Waals surface area (Å²) in [6, 6.07) is 20.1. The Hall–Kier alpha value is -4.36. The highest BCUT2D eigenvalue weighted by molar-refractivity contribution is 6.30. The van der Waals surface area contributed by atoms with Gasteiger partial charge in [-0.1, -0.05) is 60.1 Å². The molecule has 2 N–H and O–H groups in total. The molecule has 0 spiro atoms. The third-order valence-corrected chi connectivity index (χ3v) is 7.25. The lowest BCUT2D eigenvalue weighted by Crippen LogP contribution is -2.44. The summed E-state index contributed by atoms with van der Waals surface area (Å²) in [6.07, 6.45) is 1.93. The molecule has 7 nitrogen and oxygen atoms in total. The molecule has 2 aliphatic rings. The first-order chi connectivity index (χ1) is 18.0. The molecule has 1 aromatic heterocycles. The number of fused-ring (bicyclic) bond motifs is 4. The number of hydrogen-bond donors (Lipinski definition) is 2. The zero-order chi connectivity index (χ0) is 25.7. The quantitative estimate of drug-likeness (QED) is 0.285. The van der Waals surface area contributed by atoms with Gasteiger partial charge in [0.2, 0.25) is 0 Å². The van der Waals surface area contributed by atoms with Gasteiger partial charge in [0.15, 0.2) is 0 Å². The SMILES string of the molecule is C=CCNC(=O)c1ccccc1N1C(=O)C2Cc3c([nH]c4ccccc34)C(c3cccc(Cl)c3)N2C1=O. The van der Waals surface area contributed by atoms with Crippen LogP contribution in [0, 0.1) is 0 Å². The van der Waals surface area contributed by atoms with Crippen molar-refractivity contribution in [2.75, 3.05) is 11.4 Å². The number of benzene rings is 3. The van der Waals surface area contributed by atoms with Gasteiger partial charge >= 0.3 is 6.03 Å². The van der Waals surface area contributed by atoms with Gasteiger partial charge in [-0.05, 0) is 41.5 Å². The van der Waals surface area contributed by atoms with E-state index in [1.54, 1.807) is 41.3 Å². The molecular formula is C29H23ClN4O3. The van der Waals surface area contributed by atoms with E-state index in [4.69, 9.17) is 11.6 Å². The highest BCUT2D eigenvalue weighted by Gasteiger charge is 2.53. The van der Waals surface area contributed by atoms with Gasteiger partial charge in [0, 0.05) is 34.6 Å². The van der Waals surface area contributed by atoms with Crippen LogP contribution in [0.1, 0.15) is 33.2 Å². The van der Waals surface area contributed by atoms with Crippen molar-refractivity contribution in [3.63, 3.8) is 0 Å². The van der Waals surface area contributed by atoms with Crippen LogP contribution in [0.2, 0.25) is 5.02 Å². The van der Waals surface area contributed by atoms with Crippen LogP contribution >= 0.6 is 11.6 Å². The third-order valence-electron chi connectivity index (χ3n) is 7.01. The molecule has 8 heteroatoms. The van der Waals surface area contributed by atoms with Crippen LogP contribution in [-0.2, 0) is 11.2 Å². The number of carbonyl (C=O) groups is 3. The summed E-state index contributed by atoms with van der Waals surface area (Å²) in [6.45, 7) is 3.89. The number of rotatable bonds is 5. The largest absolute Gasteiger partial charge is 0.356 e. The van der Waals surface area contributed by atoms with Gasteiger partial charge in [0.1, 0.15) is 12.1 Å². The summed E-state index contributed by atoms with van der Waals surface area (Å²) in [5.74, 6) is -0.750. The van der Waals surface area contributed by atoms with E-state index in [1.807, 2.05) is 42.5 Å². The Labute approximate surface area is 218 Å². The molecule has 2 aliphatic heterocycles. The number of amides is 4. The normalized spacial score (nSPS) is 18.6. The number of anilines is 1. The fraction of sp³-hybridized carbons (Fsp3) is 0.138. The summed E-state index contributed by atoms with van der Waals surface area (Å²) >= 11 is 6.36. The first kappa shape index (κ1) is 23.1. The van der Waals surface area contributed by atoms with Crippen molar-refractivity contribution >= 4 is 46.0 Å². The van der Waals surface area contributed by atoms with E-state index in [1.165, 1.54) is 0 Å². The molecule has 4 aromatic rings. The number of carbonyl (C=O) groups excluding carboxylic acids is 3. The molecule has 4 amide bonds. The summed E-state index contributed by atoms with van der Waals surface area (Å²) in [4.78, 5) is 47.1. The molecular weight excluding hydrogens is 488 g/mol. The zero-order valence-corrected chi connectivity index (χ0v) is 20.5. The van der Waals surface area contributed by atoms with Crippen molar-refractivity contribution in [1.29, 1.82) is 0 Å². The lowest BCUT2D eigenvalue weighted by atomic mass is 9.89. The zero-order valence-electron chi connectivity index (χ0n) is 19.8. The fourth-order valence-corrected chi connectivity index (χ4v) is 5.64. The van der Waals surface area contributed by atoms with E-state index in [0.717, 1.165) is 32.6 Å². The molecule has 37 heavy (non-hydrogen) atoms. The molecule has 2 unspecified atom stereocenters. The van der Waals surface area contributed by atoms with Crippen LogP contribution in [0.3, 0.4) is 0 Å². The number of hydrogen-bond acceptors (Lipinski definition) is 3. The van der Waals surface area contributed by atoms with Crippen LogP contribution in [0.15, 0.2) is 85.5 Å². The lowest BCUT2D eigenvalue weighted by molar-refractivity contribution is -0.120. The average Bonchev–Trinajstić information content (AvgIpc) is 3.40. The molecule has 3 heterocycles. The second kappa shape index (κ2) is 8.94. The molecule has 1 fully saturated rings. The van der Waals surface area contributed by atoms with E-state index in [9.17, 15) is 14.4 Å². The summed E-state index contributed by atoms with van der Waals surface area (Å²) in [5, 5.41) is 4.30. The molecule has 6 rings (SSSR count). The Morgan fingerprint density at radius 2 is 1.86 bits per heavy atom. The topological polar surface area (TPSA) is 85.5 Å². The summed E-state index contributed by atoms with van der Waals surface area (Å²) < 4.78 is 0. The maximum Gasteiger partial charge on any atom is 0.332 e. The van der Waals surface area contributed by atoms with Crippen LogP contribution < -0.4 is 10.2 Å². The van der Waals surface area contributed by atoms with E-state index in [2.05, 4.69) is 16.9 Å². The molecule has 0 saturated carbocycles. The van der Waals surface area contributed by atoms with Crippen molar-refractivity contribution in [2.24, 2.45) is 0 Å². The number of para-hydroxylation sites is 2. The van der Waals surface area contributed by atoms with Crippen molar-refractivity contribution in [3.05, 3.63) is 113 Å². The fourth-order valence-electron chi connectivity index (χ4n) is 5.44. The maximum absolute atomic E-state index is 14.1. The number of nitrogens with one attached hydrogen (secondary N) is 2. The Morgan fingerprint density at radius 3 is 2.68 bits per heavy atom. The van der Waals surface area contributed by atoms with Crippen LogP contribution in [0.5, 0.6) is 0 Å². The number of imide groups is 1. The van der Waals surface area contributed by atoms with Gasteiger partial charge in [-0.3, -0.25) is 14.5 Å². The first-order valence-electron chi connectivity index (χ1n) is 12.0. The number of urea groups is 1. The van der Waals surface area contributed by atoms with Crippen LogP contribution in [-0.4, -0.2) is 40.3 Å². The number of nitrogens with zero attached hydrogens (tertiary/aromatic N) is 2. The molecule has 0 radical (unpaired) electrons. The minimum Gasteiger partial charge on any atom is -0.356 e. The van der Waals surface area contributed by atoms with Crippen molar-refractivity contribution < 1.29 is 14.4 Å². The van der Waals surface area contributed by atoms with E-state index in [0.29, 0.717) is 11.4 Å². The molecule has 0 aliphatic carbocycles. The predicted molar refractivity (Wildman–Crippen MR) is 143 cm³/mol. The smallest absolute Gasteiger partial charge is 0.332 e. The van der Waals surface area contributed by atoms with Crippen molar-refractivity contribution in [3.8, 4) is 0 Å². The molecule has 2 atom stereocenters. The number of aromatic amines is 1. The maximum atomic E-state index is 14.1. The minimum absolute atomic E-state index is 0.245. The Balaban J connectivity index is 1.50. The Bertz CT molecular complexity index is 1590. The molecule has 0 bridgehead atoms. The lowest BCUT2D eigenvalue weighted by Gasteiger charge is -2.36. The second-order valence-electron chi connectivity index (χ2n) is 9.12. The molecule has 3 aromatic carbocycles. The number of halogens is 1. The van der Waals surface area contributed by atoms with Crippen molar-refractivity contribution in [1.82, 2.24) is 15.2 Å². The second-order valence-corrected chi connectivity index (χ2v) is 9.56. The van der Waals surface area contributed by atoms with E-state index < -0.39 is 18.1 Å². The van der Waals surface area contributed by atoms with Gasteiger partial charge in [-0.15, -0.1) is 6.58 Å². The predicted octanol–water partition coefficient (Wildman–Crippen LogP) is 5.22. The number of H-pyrrole nitrogens is 1. The van der Waals surface area contributed by atoms with Gasteiger partial charge in [0.25, 0.3) is 11.8 Å². The van der Waals surface area contributed by atoms with Crippen molar-refractivity contribution in [2.45, 2.75) is 18.5 Å². The summed E-state index contributed by atoms with van der Waals surface area (Å²) in [7, 11) is 0. The monoisotopic (exact) mass is 510 g/mol. The van der Waals surface area contributed by atoms with Gasteiger partial charge < -0.3 is 10.3 Å². The minimum atomic E-state index is -0.729. The highest BCUT2D eigenvalue weighted by atomic mass is 35.5. The van der Waals surface area contributed by atoms with Crippen LogP contribution in [0.4, 0.5) is 10.5 Å². The van der Waals surface area contributed by atoms with E-state index >= 15 is 0 Å². The Kier molecular flexibility index (Phi) is 5.57. The van der Waals surface area contributed by atoms with Gasteiger partial charge in [-0.2, -0.15) is 0 Å². The molecule has 1 saturated heterocycles. The highest BCUT2D eigenvalue weighted by Crippen LogP contribution is 2.45. The molecule has 184 valence electrons. The number of aromatic nitrogens is 1. The average molecular weight is 511 g/mol. The first-order valence-corrected chi connectivity index (χ1v) is 12.4. The van der Waals surface area contributed by atoms with Gasteiger partial charge in [-0.25, -0.2) is 9.69 Å². The van der Waals surface area contributed by atoms with E-state index in [-0.39, 0.29) is 29.6 Å². The third kappa shape index (κ3) is 3.62. The van der Waals surface area contributed by atoms with Crippen LogP contribution in [0.25, 0.3) is 10.9 Å². The summed E-state index contributed by atoms with van der Waals surface area (Å²) in [5.41, 5.74) is 4.11.